The van der Waals surface area contributed by atoms with Crippen molar-refractivity contribution in [1.29, 1.82) is 0 Å². The summed E-state index contributed by atoms with van der Waals surface area (Å²) in [6.45, 7) is 0.623. The predicted molar refractivity (Wildman–Crippen MR) is 98.2 cm³/mol. The number of hydrogen-bond acceptors (Lipinski definition) is 5. The minimum atomic E-state index is -4.11. The monoisotopic (exact) mass is 434 g/mol. The number of sulfonamides is 2. The van der Waals surface area contributed by atoms with Gasteiger partial charge in [-0.25, -0.2) is 21.2 Å². The second kappa shape index (κ2) is 7.72. The van der Waals surface area contributed by atoms with Gasteiger partial charge in [-0.1, -0.05) is 11.6 Å². The Bertz CT molecular complexity index is 1040. The molecule has 0 saturated carbocycles. The summed E-state index contributed by atoms with van der Waals surface area (Å²) in [4.78, 5) is -0.658. The molecule has 11 heteroatoms. The van der Waals surface area contributed by atoms with Crippen LogP contribution in [0.4, 0.5) is 10.1 Å². The molecule has 1 heterocycles. The Morgan fingerprint density at radius 2 is 1.63 bits per heavy atom. The molecule has 2 aromatic carbocycles. The third-order valence-electron chi connectivity index (χ3n) is 3.90. The Balaban J connectivity index is 1.92. The molecule has 0 aromatic heterocycles. The van der Waals surface area contributed by atoms with Crippen LogP contribution in [-0.4, -0.2) is 47.4 Å². The van der Waals surface area contributed by atoms with E-state index in [1.807, 2.05) is 0 Å². The zero-order valence-corrected chi connectivity index (χ0v) is 16.3. The van der Waals surface area contributed by atoms with E-state index in [1.54, 1.807) is 0 Å². The molecular weight excluding hydrogens is 419 g/mol. The number of benzene rings is 2. The van der Waals surface area contributed by atoms with Gasteiger partial charge in [-0.2, -0.15) is 4.31 Å². The lowest BCUT2D eigenvalue weighted by atomic mass is 10.3. The van der Waals surface area contributed by atoms with E-state index in [9.17, 15) is 21.2 Å². The smallest absolute Gasteiger partial charge is 0.261 e. The number of rotatable bonds is 5. The molecule has 2 aromatic rings. The topological polar surface area (TPSA) is 92.8 Å². The molecule has 0 radical (unpaired) electrons. The number of halogens is 2. The van der Waals surface area contributed by atoms with Crippen LogP contribution in [0.5, 0.6) is 0 Å². The third-order valence-corrected chi connectivity index (χ3v) is 7.46. The molecule has 0 amide bonds. The van der Waals surface area contributed by atoms with Gasteiger partial charge in [0.1, 0.15) is 10.7 Å². The average molecular weight is 435 g/mol. The van der Waals surface area contributed by atoms with Gasteiger partial charge in [0.2, 0.25) is 10.0 Å². The van der Waals surface area contributed by atoms with Crippen LogP contribution in [-0.2, 0) is 24.8 Å². The Morgan fingerprint density at radius 3 is 2.26 bits per heavy atom. The van der Waals surface area contributed by atoms with Crippen molar-refractivity contribution in [3.8, 4) is 0 Å². The minimum Gasteiger partial charge on any atom is -0.379 e. The molecule has 7 nitrogen and oxygen atoms in total. The summed E-state index contributed by atoms with van der Waals surface area (Å²) in [6, 6.07) is 8.46. The van der Waals surface area contributed by atoms with Crippen molar-refractivity contribution < 1.29 is 26.0 Å². The van der Waals surface area contributed by atoms with E-state index in [0.717, 1.165) is 22.5 Å². The van der Waals surface area contributed by atoms with Gasteiger partial charge in [0.25, 0.3) is 10.0 Å². The summed E-state index contributed by atoms with van der Waals surface area (Å²) < 4.78 is 72.9. The molecule has 1 fully saturated rings. The lowest BCUT2D eigenvalue weighted by Gasteiger charge is -2.26. The minimum absolute atomic E-state index is 0.0613. The first-order chi connectivity index (χ1) is 12.7. The molecule has 1 aliphatic rings. The molecule has 146 valence electrons. The summed E-state index contributed by atoms with van der Waals surface area (Å²) in [6.07, 6.45) is 0. The molecule has 27 heavy (non-hydrogen) atoms. The summed E-state index contributed by atoms with van der Waals surface area (Å²) in [5, 5.41) is 0.370. The van der Waals surface area contributed by atoms with Crippen LogP contribution in [0.15, 0.2) is 52.3 Å². The number of nitrogens with one attached hydrogen (secondary N) is 1. The molecule has 0 bridgehead atoms. The quantitative estimate of drug-likeness (QED) is 0.779. The Kier molecular flexibility index (Phi) is 5.73. The number of anilines is 1. The fraction of sp³-hybridized carbons (Fsp3) is 0.250. The van der Waals surface area contributed by atoms with Crippen molar-refractivity contribution in [3.63, 3.8) is 0 Å². The Hall–Kier alpha value is -1.72. The van der Waals surface area contributed by atoms with Crippen LogP contribution in [0.3, 0.4) is 0 Å². The van der Waals surface area contributed by atoms with E-state index in [4.69, 9.17) is 16.3 Å². The van der Waals surface area contributed by atoms with Crippen molar-refractivity contribution in [2.75, 3.05) is 31.0 Å². The van der Waals surface area contributed by atoms with Gasteiger partial charge in [0.15, 0.2) is 0 Å². The highest BCUT2D eigenvalue weighted by Gasteiger charge is 2.29. The number of hydrogen-bond donors (Lipinski definition) is 1. The van der Waals surface area contributed by atoms with Gasteiger partial charge in [0, 0.05) is 18.1 Å². The number of nitrogens with zero attached hydrogens (tertiary/aromatic N) is 1. The first kappa shape index (κ1) is 20.0. The first-order valence-electron chi connectivity index (χ1n) is 7.86. The fourth-order valence-electron chi connectivity index (χ4n) is 2.52. The highest BCUT2D eigenvalue weighted by molar-refractivity contribution is 7.92. The van der Waals surface area contributed by atoms with Crippen LogP contribution in [0.2, 0.25) is 5.02 Å². The molecule has 0 atom stereocenters. The lowest BCUT2D eigenvalue weighted by molar-refractivity contribution is 0.0729. The summed E-state index contributed by atoms with van der Waals surface area (Å²) in [5.41, 5.74) is -0.0711. The lowest BCUT2D eigenvalue weighted by Crippen LogP contribution is -2.40. The summed E-state index contributed by atoms with van der Waals surface area (Å²) >= 11 is 5.75. The van der Waals surface area contributed by atoms with Gasteiger partial charge in [-0.15, -0.1) is 0 Å². The number of ether oxygens (including phenoxy) is 1. The van der Waals surface area contributed by atoms with Gasteiger partial charge in [-0.3, -0.25) is 4.72 Å². The van der Waals surface area contributed by atoms with Gasteiger partial charge >= 0.3 is 0 Å². The molecule has 0 spiro atoms. The fourth-order valence-corrected chi connectivity index (χ4v) is 5.19. The number of morpholine rings is 1. The molecule has 0 unspecified atom stereocenters. The van der Waals surface area contributed by atoms with Crippen LogP contribution < -0.4 is 4.72 Å². The molecule has 1 N–H and O–H groups in total. The highest BCUT2D eigenvalue weighted by Crippen LogP contribution is 2.25. The highest BCUT2D eigenvalue weighted by atomic mass is 35.5. The molecule has 3 rings (SSSR count). The Labute approximate surface area is 161 Å². The van der Waals surface area contributed by atoms with Crippen LogP contribution in [0.1, 0.15) is 0 Å². The van der Waals surface area contributed by atoms with E-state index in [1.165, 1.54) is 24.3 Å². The average Bonchev–Trinajstić information content (AvgIpc) is 2.64. The molecule has 1 saturated heterocycles. The van der Waals surface area contributed by atoms with Crippen molar-refractivity contribution in [2.45, 2.75) is 9.79 Å². The van der Waals surface area contributed by atoms with Gasteiger partial charge in [0.05, 0.1) is 23.8 Å². The summed E-state index contributed by atoms with van der Waals surface area (Å²) in [7, 11) is -8.10. The SMILES string of the molecule is O=S(=O)(Nc1ccc(F)c(S(=O)(=O)N2CCOCC2)c1)c1ccc(Cl)cc1. The van der Waals surface area contributed by atoms with E-state index < -0.39 is 30.8 Å². The maximum Gasteiger partial charge on any atom is 0.261 e. The second-order valence-corrected chi connectivity index (χ2v) is 9.75. The van der Waals surface area contributed by atoms with Crippen molar-refractivity contribution >= 4 is 37.3 Å². The predicted octanol–water partition coefficient (Wildman–Crippen LogP) is 2.30. The van der Waals surface area contributed by atoms with E-state index in [2.05, 4.69) is 4.72 Å². The zero-order valence-electron chi connectivity index (χ0n) is 13.9. The Morgan fingerprint density at radius 1 is 1.00 bits per heavy atom. The normalized spacial score (nSPS) is 16.2. The maximum absolute atomic E-state index is 14.2. The van der Waals surface area contributed by atoms with Crippen molar-refractivity contribution in [3.05, 3.63) is 53.3 Å². The van der Waals surface area contributed by atoms with E-state index in [-0.39, 0.29) is 36.9 Å². The van der Waals surface area contributed by atoms with Crippen LogP contribution in [0, 0.1) is 5.82 Å². The van der Waals surface area contributed by atoms with Gasteiger partial charge in [-0.05, 0) is 42.5 Å². The third kappa shape index (κ3) is 4.41. The zero-order chi connectivity index (χ0) is 19.7. The molecule has 0 aliphatic carbocycles. The largest absolute Gasteiger partial charge is 0.379 e. The first-order valence-corrected chi connectivity index (χ1v) is 11.2. The second-order valence-electron chi connectivity index (χ2n) is 5.72. The van der Waals surface area contributed by atoms with Crippen molar-refractivity contribution in [1.82, 2.24) is 4.31 Å². The molecular formula is C16H16ClFN2O5S2. The van der Waals surface area contributed by atoms with Gasteiger partial charge < -0.3 is 4.74 Å². The van der Waals surface area contributed by atoms with Crippen LogP contribution in [0.25, 0.3) is 0 Å². The maximum atomic E-state index is 14.2. The molecule has 1 aliphatic heterocycles. The summed E-state index contributed by atoms with van der Waals surface area (Å²) in [5.74, 6) is -0.962. The van der Waals surface area contributed by atoms with E-state index >= 15 is 0 Å². The van der Waals surface area contributed by atoms with Crippen molar-refractivity contribution in [2.24, 2.45) is 0 Å². The van der Waals surface area contributed by atoms with Crippen LogP contribution >= 0.6 is 11.6 Å². The van der Waals surface area contributed by atoms with E-state index in [0.29, 0.717) is 5.02 Å². The standard InChI is InChI=1S/C16H16ClFN2O5S2/c17-12-1-4-14(5-2-12)26(21,22)19-13-3-6-15(18)16(11-13)27(23,24)20-7-9-25-10-8-20/h1-6,11,19H,7-10H2.